The summed E-state index contributed by atoms with van der Waals surface area (Å²) in [6, 6.07) is 13.5. The number of rotatable bonds is 7. The van der Waals surface area contributed by atoms with Gasteiger partial charge in [-0.3, -0.25) is 10.1 Å². The molecule has 0 heterocycles. The largest absolute Gasteiger partial charge is 0.302 e. The second kappa shape index (κ2) is 10.8. The maximum absolute atomic E-state index is 12.9. The summed E-state index contributed by atoms with van der Waals surface area (Å²) in [7, 11) is 0. The molecule has 34 heavy (non-hydrogen) atoms. The van der Waals surface area contributed by atoms with Crippen molar-refractivity contribution in [3.63, 3.8) is 0 Å². The molecule has 3 rings (SSSR count). The highest BCUT2D eigenvalue weighted by Gasteiger charge is 2.41. The highest BCUT2D eigenvalue weighted by molar-refractivity contribution is 8.00. The summed E-state index contributed by atoms with van der Waals surface area (Å²) >= 11 is -0.613. The molecule has 0 spiro atoms. The summed E-state index contributed by atoms with van der Waals surface area (Å²) < 4.78 is 22.7. The van der Waals surface area contributed by atoms with Crippen molar-refractivity contribution in [1.29, 1.82) is 0 Å². The van der Waals surface area contributed by atoms with Gasteiger partial charge in [-0.05, 0) is 61.8 Å². The molecule has 2 unspecified atom stereocenters. The molecule has 0 amide bonds. The van der Waals surface area contributed by atoms with Gasteiger partial charge in [0.2, 0.25) is 0 Å². The van der Waals surface area contributed by atoms with Crippen LogP contribution >= 0.6 is 11.8 Å². The molecule has 5 nitrogen and oxygen atoms in total. The third-order valence-electron chi connectivity index (χ3n) is 6.71. The Labute approximate surface area is 209 Å². The number of allylic oxidation sites excluding steroid dienone is 1. The Balaban J connectivity index is 2.25. The minimum atomic E-state index is -2.16. The fraction of sp³-hybridized carbons (Fsp3) is 0.481. The molecule has 184 valence electrons. The van der Waals surface area contributed by atoms with Crippen LogP contribution in [-0.4, -0.2) is 19.9 Å². The van der Waals surface area contributed by atoms with Crippen molar-refractivity contribution in [3.05, 3.63) is 85.3 Å². The first-order valence-electron chi connectivity index (χ1n) is 11.7. The first kappa shape index (κ1) is 26.6. The minimum absolute atomic E-state index is 0.0981. The number of hydrogen-bond acceptors (Lipinski definition) is 4. The van der Waals surface area contributed by atoms with E-state index in [1.165, 1.54) is 0 Å². The zero-order valence-electron chi connectivity index (χ0n) is 20.7. The van der Waals surface area contributed by atoms with Gasteiger partial charge in [-0.1, -0.05) is 74.7 Å². The molecule has 2 atom stereocenters. The summed E-state index contributed by atoms with van der Waals surface area (Å²) in [6.07, 6.45) is 7.16. The Hall–Kier alpha value is -1.96. The zero-order valence-corrected chi connectivity index (χ0v) is 22.4. The van der Waals surface area contributed by atoms with E-state index in [4.69, 9.17) is 0 Å². The van der Waals surface area contributed by atoms with Gasteiger partial charge in [-0.2, -0.15) is 0 Å². The Kier molecular flexibility index (Phi) is 8.43. The van der Waals surface area contributed by atoms with E-state index in [-0.39, 0.29) is 16.0 Å². The van der Waals surface area contributed by atoms with E-state index in [2.05, 4.69) is 0 Å². The van der Waals surface area contributed by atoms with E-state index in [0.717, 1.165) is 54.4 Å². The minimum Gasteiger partial charge on any atom is -0.302 e. The summed E-state index contributed by atoms with van der Waals surface area (Å²) in [6.45, 7) is 7.92. The summed E-state index contributed by atoms with van der Waals surface area (Å²) in [5.41, 5.74) is 4.32. The van der Waals surface area contributed by atoms with Crippen LogP contribution in [0.25, 0.3) is 0 Å². The first-order valence-corrected chi connectivity index (χ1v) is 14.1. The van der Waals surface area contributed by atoms with Crippen LogP contribution in [0.15, 0.2) is 52.9 Å². The van der Waals surface area contributed by atoms with E-state index < -0.39 is 15.8 Å². The van der Waals surface area contributed by atoms with Crippen LogP contribution in [0.3, 0.4) is 0 Å². The standard InChI is InChI=1S/C27H35NO4S2/c1-19-11-14-22(15-12-19)27(33-5,25(34(31)32)21-9-7-6-8-10-21)18-20-13-16-23(26(2,3)4)24(17-20)28(29)30/h11-17H,6-10,18H2,1-5H3,(H,31,32). The SMILES string of the molecule is CSC(Cc1ccc(C(C)(C)C)c([N+](=O)[O-])c1)(C(=C1CCCCC1)S(=O)O)c1ccc(C)cc1. The Morgan fingerprint density at radius 3 is 2.21 bits per heavy atom. The van der Waals surface area contributed by atoms with Crippen LogP contribution in [0, 0.1) is 17.0 Å². The fourth-order valence-electron chi connectivity index (χ4n) is 4.93. The maximum atomic E-state index is 12.9. The molecule has 7 heteroatoms. The molecular formula is C27H35NO4S2. The second-order valence-corrected chi connectivity index (χ2v) is 12.2. The van der Waals surface area contributed by atoms with Crippen LogP contribution in [0.2, 0.25) is 0 Å². The van der Waals surface area contributed by atoms with Crippen LogP contribution < -0.4 is 0 Å². The Bertz CT molecular complexity index is 1090. The summed E-state index contributed by atoms with van der Waals surface area (Å²) in [5, 5.41) is 12.0. The van der Waals surface area contributed by atoms with Gasteiger partial charge in [0.1, 0.15) is 0 Å². The zero-order chi connectivity index (χ0) is 25.1. The maximum Gasteiger partial charge on any atom is 0.273 e. The molecule has 2 aromatic rings. The normalized spacial score (nSPS) is 17.2. The highest BCUT2D eigenvalue weighted by Crippen LogP contribution is 2.49. The summed E-state index contributed by atoms with van der Waals surface area (Å²) in [5.74, 6) is 0. The van der Waals surface area contributed by atoms with Crippen molar-refractivity contribution in [2.45, 2.75) is 76.4 Å². The highest BCUT2D eigenvalue weighted by atomic mass is 32.2. The molecule has 0 bridgehead atoms. The van der Waals surface area contributed by atoms with Crippen molar-refractivity contribution in [2.24, 2.45) is 0 Å². The number of nitro groups is 1. The molecule has 2 aromatic carbocycles. The fourth-order valence-corrected chi connectivity index (χ4v) is 7.33. The van der Waals surface area contributed by atoms with Gasteiger partial charge in [0, 0.05) is 11.6 Å². The molecule has 0 saturated heterocycles. The molecule has 0 aliphatic heterocycles. The van der Waals surface area contributed by atoms with E-state index in [9.17, 15) is 18.9 Å². The molecule has 1 saturated carbocycles. The summed E-state index contributed by atoms with van der Waals surface area (Å²) in [4.78, 5) is 12.2. The molecule has 1 N–H and O–H groups in total. The van der Waals surface area contributed by atoms with Crippen LogP contribution in [0.5, 0.6) is 0 Å². The van der Waals surface area contributed by atoms with Crippen molar-refractivity contribution in [1.82, 2.24) is 0 Å². The van der Waals surface area contributed by atoms with E-state index >= 15 is 0 Å². The quantitative estimate of drug-likeness (QED) is 0.242. The van der Waals surface area contributed by atoms with Gasteiger partial charge < -0.3 is 4.55 Å². The van der Waals surface area contributed by atoms with Gasteiger partial charge >= 0.3 is 0 Å². The van der Waals surface area contributed by atoms with Gasteiger partial charge in [0.05, 0.1) is 14.6 Å². The molecule has 0 radical (unpaired) electrons. The van der Waals surface area contributed by atoms with Gasteiger partial charge in [0.15, 0.2) is 11.1 Å². The molecule has 1 aliphatic carbocycles. The van der Waals surface area contributed by atoms with E-state index in [1.807, 2.05) is 70.3 Å². The van der Waals surface area contributed by atoms with Crippen molar-refractivity contribution >= 4 is 28.5 Å². The number of aryl methyl sites for hydroxylation is 1. The van der Waals surface area contributed by atoms with Crippen LogP contribution in [0.1, 0.15) is 75.1 Å². The van der Waals surface area contributed by atoms with Gasteiger partial charge in [-0.15, -0.1) is 11.8 Å². The molecule has 1 aliphatic rings. The predicted octanol–water partition coefficient (Wildman–Crippen LogP) is 7.44. The molecular weight excluding hydrogens is 466 g/mol. The van der Waals surface area contributed by atoms with Crippen molar-refractivity contribution in [2.75, 3.05) is 6.26 Å². The topological polar surface area (TPSA) is 80.4 Å². The number of thioether (sulfide) groups is 1. The van der Waals surface area contributed by atoms with Crippen LogP contribution in [-0.2, 0) is 27.7 Å². The number of benzene rings is 2. The molecule has 0 aromatic heterocycles. The molecule has 1 fully saturated rings. The number of nitrogens with zero attached hydrogens (tertiary/aromatic N) is 1. The first-order chi connectivity index (χ1) is 16.0. The van der Waals surface area contributed by atoms with Gasteiger partial charge in [-0.25, -0.2) is 4.21 Å². The smallest absolute Gasteiger partial charge is 0.273 e. The Morgan fingerprint density at radius 1 is 1.09 bits per heavy atom. The second-order valence-electron chi connectivity index (χ2n) is 10.2. The average molecular weight is 502 g/mol. The predicted molar refractivity (Wildman–Crippen MR) is 143 cm³/mol. The van der Waals surface area contributed by atoms with Crippen molar-refractivity contribution < 1.29 is 13.7 Å². The third-order valence-corrected chi connectivity index (χ3v) is 9.10. The Morgan fingerprint density at radius 2 is 1.71 bits per heavy atom. The number of nitro benzene ring substituents is 1. The lowest BCUT2D eigenvalue weighted by Gasteiger charge is -2.36. The van der Waals surface area contributed by atoms with Crippen LogP contribution in [0.4, 0.5) is 5.69 Å². The monoisotopic (exact) mass is 501 g/mol. The lowest BCUT2D eigenvalue weighted by atomic mass is 9.82. The van der Waals surface area contributed by atoms with Gasteiger partial charge in [0.25, 0.3) is 5.69 Å². The number of hydrogen-bond donors (Lipinski definition) is 1. The lowest BCUT2D eigenvalue weighted by molar-refractivity contribution is -0.386. The third kappa shape index (κ3) is 5.64. The van der Waals surface area contributed by atoms with E-state index in [0.29, 0.717) is 16.9 Å². The van der Waals surface area contributed by atoms with E-state index in [1.54, 1.807) is 17.8 Å². The average Bonchev–Trinajstić information content (AvgIpc) is 2.78. The van der Waals surface area contributed by atoms with Crippen molar-refractivity contribution in [3.8, 4) is 0 Å². The lowest BCUT2D eigenvalue weighted by Crippen LogP contribution is -2.31.